The molecular weight excluding hydrogens is 396 g/mol. The van der Waals surface area contributed by atoms with E-state index in [0.29, 0.717) is 17.8 Å². The van der Waals surface area contributed by atoms with Crippen molar-refractivity contribution in [2.24, 2.45) is 0 Å². The molecule has 1 aliphatic rings. The van der Waals surface area contributed by atoms with Gasteiger partial charge in [-0.3, -0.25) is 9.52 Å². The van der Waals surface area contributed by atoms with Crippen molar-refractivity contribution in [1.82, 2.24) is 0 Å². The highest BCUT2D eigenvalue weighted by Crippen LogP contribution is 2.31. The molecule has 30 heavy (non-hydrogen) atoms. The van der Waals surface area contributed by atoms with Crippen LogP contribution in [0.1, 0.15) is 27.9 Å². The normalized spacial score (nSPS) is 13.8. The molecule has 0 saturated heterocycles. The van der Waals surface area contributed by atoms with Crippen LogP contribution in [-0.2, 0) is 16.4 Å². The highest BCUT2D eigenvalue weighted by atomic mass is 32.2. The van der Waals surface area contributed by atoms with Crippen molar-refractivity contribution in [3.63, 3.8) is 0 Å². The molecule has 3 aromatic carbocycles. The Morgan fingerprint density at radius 2 is 1.63 bits per heavy atom. The molecule has 3 aromatic rings. The topological polar surface area (TPSA) is 66.5 Å². The first kappa shape index (κ1) is 19.9. The fourth-order valence-electron chi connectivity index (χ4n) is 3.54. The third kappa shape index (κ3) is 4.60. The van der Waals surface area contributed by atoms with Gasteiger partial charge in [0.1, 0.15) is 0 Å². The van der Waals surface area contributed by atoms with Gasteiger partial charge in [0.2, 0.25) is 0 Å². The first-order chi connectivity index (χ1) is 14.5. The van der Waals surface area contributed by atoms with Crippen LogP contribution < -0.4 is 9.62 Å². The van der Waals surface area contributed by atoms with Gasteiger partial charge >= 0.3 is 0 Å². The maximum atomic E-state index is 12.9. The Labute approximate surface area is 176 Å². The van der Waals surface area contributed by atoms with Crippen molar-refractivity contribution in [3.8, 4) is 0 Å². The van der Waals surface area contributed by atoms with E-state index in [-0.39, 0.29) is 5.91 Å². The van der Waals surface area contributed by atoms with Crippen molar-refractivity contribution in [1.29, 1.82) is 0 Å². The van der Waals surface area contributed by atoms with Crippen LogP contribution in [0.3, 0.4) is 0 Å². The van der Waals surface area contributed by atoms with E-state index in [1.807, 2.05) is 60.7 Å². The first-order valence-corrected chi connectivity index (χ1v) is 11.3. The maximum Gasteiger partial charge on any atom is 0.258 e. The van der Waals surface area contributed by atoms with E-state index in [2.05, 4.69) is 4.72 Å². The Bertz CT molecular complexity index is 1170. The number of sulfonamides is 1. The summed E-state index contributed by atoms with van der Waals surface area (Å²) < 4.78 is 27.5. The lowest BCUT2D eigenvalue weighted by atomic mass is 10.00. The van der Waals surface area contributed by atoms with Gasteiger partial charge in [-0.2, -0.15) is 0 Å². The second kappa shape index (κ2) is 8.55. The molecule has 0 radical (unpaired) electrons. The maximum absolute atomic E-state index is 12.9. The summed E-state index contributed by atoms with van der Waals surface area (Å²) in [5, 5.41) is 1.16. The summed E-state index contributed by atoms with van der Waals surface area (Å²) in [6.45, 7) is 0.644. The largest absolute Gasteiger partial charge is 0.308 e. The molecule has 0 saturated carbocycles. The van der Waals surface area contributed by atoms with E-state index >= 15 is 0 Å². The van der Waals surface area contributed by atoms with Crippen LogP contribution in [0.15, 0.2) is 84.3 Å². The third-order valence-electron chi connectivity index (χ3n) is 4.96. The lowest BCUT2D eigenvalue weighted by Gasteiger charge is -2.30. The van der Waals surface area contributed by atoms with Crippen LogP contribution in [0.4, 0.5) is 11.4 Å². The third-order valence-corrected chi connectivity index (χ3v) is 5.98. The van der Waals surface area contributed by atoms with E-state index in [1.54, 1.807) is 29.2 Å². The predicted molar refractivity (Wildman–Crippen MR) is 121 cm³/mol. The molecule has 1 amide bonds. The molecule has 5 nitrogen and oxygen atoms in total. The van der Waals surface area contributed by atoms with E-state index < -0.39 is 10.0 Å². The molecule has 0 spiro atoms. The summed E-state index contributed by atoms with van der Waals surface area (Å²) in [7, 11) is -3.64. The van der Waals surface area contributed by atoms with Gasteiger partial charge in [0, 0.05) is 23.5 Å². The van der Waals surface area contributed by atoms with E-state index in [9.17, 15) is 13.2 Å². The van der Waals surface area contributed by atoms with Gasteiger partial charge in [0.25, 0.3) is 15.9 Å². The zero-order valence-electron chi connectivity index (χ0n) is 16.4. The first-order valence-electron chi connectivity index (χ1n) is 9.78. The zero-order chi connectivity index (χ0) is 21.0. The number of benzene rings is 3. The molecule has 0 aliphatic carbocycles. The van der Waals surface area contributed by atoms with Gasteiger partial charge in [-0.25, -0.2) is 8.42 Å². The monoisotopic (exact) mass is 418 g/mol. The second-order valence-electron chi connectivity index (χ2n) is 7.13. The molecule has 1 aliphatic heterocycles. The minimum atomic E-state index is -3.64. The van der Waals surface area contributed by atoms with Gasteiger partial charge in [0.05, 0.1) is 5.41 Å². The molecule has 0 bridgehead atoms. The Hall–Kier alpha value is -3.38. The van der Waals surface area contributed by atoms with Gasteiger partial charge in [-0.05, 0) is 60.4 Å². The van der Waals surface area contributed by atoms with Crippen molar-refractivity contribution >= 4 is 33.4 Å². The molecule has 1 heterocycles. The van der Waals surface area contributed by atoms with E-state index in [1.165, 1.54) is 0 Å². The summed E-state index contributed by atoms with van der Waals surface area (Å²) >= 11 is 0. The number of nitrogens with one attached hydrogen (secondary N) is 1. The highest BCUT2D eigenvalue weighted by Gasteiger charge is 2.24. The number of nitrogens with zero attached hydrogens (tertiary/aromatic N) is 1. The van der Waals surface area contributed by atoms with Crippen molar-refractivity contribution in [3.05, 3.63) is 101 Å². The number of fused-ring (bicyclic) bond motifs is 1. The number of rotatable bonds is 5. The summed E-state index contributed by atoms with van der Waals surface area (Å²) in [5.41, 5.74) is 3.72. The molecule has 0 unspecified atom stereocenters. The Morgan fingerprint density at radius 1 is 0.933 bits per heavy atom. The zero-order valence-corrected chi connectivity index (χ0v) is 17.2. The highest BCUT2D eigenvalue weighted by molar-refractivity contribution is 7.95. The molecule has 6 heteroatoms. The molecule has 152 valence electrons. The SMILES string of the molecule is O=C(c1ccccc1)N1CCCc2cc(NS(=O)(=O)/C=C/c3ccccc3)ccc21. The minimum Gasteiger partial charge on any atom is -0.308 e. The van der Waals surface area contributed by atoms with Crippen LogP contribution in [0.25, 0.3) is 6.08 Å². The summed E-state index contributed by atoms with van der Waals surface area (Å²) in [5.74, 6) is -0.0457. The Kier molecular flexibility index (Phi) is 5.68. The minimum absolute atomic E-state index is 0.0457. The lowest BCUT2D eigenvalue weighted by Crippen LogP contribution is -2.35. The predicted octanol–water partition coefficient (Wildman–Crippen LogP) is 4.69. The van der Waals surface area contributed by atoms with Gasteiger partial charge in [0.15, 0.2) is 0 Å². The number of hydrogen-bond acceptors (Lipinski definition) is 3. The van der Waals surface area contributed by atoms with Crippen molar-refractivity contribution in [2.45, 2.75) is 12.8 Å². The molecule has 0 atom stereocenters. The van der Waals surface area contributed by atoms with Crippen LogP contribution in [0.2, 0.25) is 0 Å². The second-order valence-corrected chi connectivity index (χ2v) is 8.70. The van der Waals surface area contributed by atoms with Gasteiger partial charge < -0.3 is 4.90 Å². The number of aryl methyl sites for hydroxylation is 1. The fraction of sp³-hybridized carbons (Fsp3) is 0.125. The van der Waals surface area contributed by atoms with Gasteiger partial charge in [-0.15, -0.1) is 0 Å². The Morgan fingerprint density at radius 3 is 2.37 bits per heavy atom. The average molecular weight is 419 g/mol. The lowest BCUT2D eigenvalue weighted by molar-refractivity contribution is 0.0985. The molecule has 4 rings (SSSR count). The summed E-state index contributed by atoms with van der Waals surface area (Å²) in [6.07, 6.45) is 3.18. The Balaban J connectivity index is 1.54. The van der Waals surface area contributed by atoms with E-state index in [4.69, 9.17) is 0 Å². The number of carbonyl (C=O) groups is 1. The number of carbonyl (C=O) groups excluding carboxylic acids is 1. The van der Waals surface area contributed by atoms with Crippen molar-refractivity contribution in [2.75, 3.05) is 16.2 Å². The smallest absolute Gasteiger partial charge is 0.258 e. The van der Waals surface area contributed by atoms with Crippen LogP contribution >= 0.6 is 0 Å². The fourth-order valence-corrected chi connectivity index (χ4v) is 4.40. The van der Waals surface area contributed by atoms with E-state index in [0.717, 1.165) is 35.1 Å². The standard InChI is InChI=1S/C24H22N2O3S/c27-24(20-10-5-2-6-11-20)26-16-7-12-21-18-22(13-14-23(21)26)25-30(28,29)17-15-19-8-3-1-4-9-19/h1-6,8-11,13-15,17-18,25H,7,12,16H2/b17-15+. The quantitative estimate of drug-likeness (QED) is 0.654. The number of hydrogen-bond donors (Lipinski definition) is 1. The molecule has 1 N–H and O–H groups in total. The molecule has 0 fully saturated rings. The van der Waals surface area contributed by atoms with Gasteiger partial charge in [-0.1, -0.05) is 48.5 Å². The summed E-state index contributed by atoms with van der Waals surface area (Å²) in [6, 6.07) is 23.8. The van der Waals surface area contributed by atoms with Crippen LogP contribution in [0.5, 0.6) is 0 Å². The molecular formula is C24H22N2O3S. The van der Waals surface area contributed by atoms with Crippen molar-refractivity contribution < 1.29 is 13.2 Å². The summed E-state index contributed by atoms with van der Waals surface area (Å²) in [4.78, 5) is 14.7. The average Bonchev–Trinajstić information content (AvgIpc) is 2.78. The number of anilines is 2. The number of amides is 1. The van der Waals surface area contributed by atoms with Crippen LogP contribution in [0, 0.1) is 0 Å². The van der Waals surface area contributed by atoms with Crippen LogP contribution in [-0.4, -0.2) is 20.9 Å². The molecule has 0 aromatic heterocycles.